The molecule has 0 aromatic heterocycles. The first-order valence-electron chi connectivity index (χ1n) is 8.69. The van der Waals surface area contributed by atoms with Gasteiger partial charge in [-0.05, 0) is 51.3 Å². The Labute approximate surface area is 150 Å². The van der Waals surface area contributed by atoms with Crippen LogP contribution in [0.2, 0.25) is 0 Å². The quantitative estimate of drug-likeness (QED) is 0.782. The van der Waals surface area contributed by atoms with Crippen LogP contribution in [-0.4, -0.2) is 37.9 Å². The molecule has 0 aliphatic carbocycles. The summed E-state index contributed by atoms with van der Waals surface area (Å²) < 4.78 is 55.1. The monoisotopic (exact) mass is 375 g/mol. The summed E-state index contributed by atoms with van der Waals surface area (Å²) in [7, 11) is 0. The topological polar surface area (TPSA) is 56.8 Å². The molecular formula is C18H24F3NO4. The zero-order valence-electron chi connectivity index (χ0n) is 14.9. The molecular weight excluding hydrogens is 351 g/mol. The first-order chi connectivity index (χ1) is 12.3. The molecule has 2 atom stereocenters. The maximum absolute atomic E-state index is 12.9. The van der Waals surface area contributed by atoms with Gasteiger partial charge in [0, 0.05) is 6.61 Å². The van der Waals surface area contributed by atoms with E-state index in [0.717, 1.165) is 31.4 Å². The van der Waals surface area contributed by atoms with Crippen LogP contribution in [-0.2, 0) is 20.4 Å². The van der Waals surface area contributed by atoms with E-state index < -0.39 is 23.8 Å². The summed E-state index contributed by atoms with van der Waals surface area (Å²) in [5, 5.41) is 2.47. The summed E-state index contributed by atoms with van der Waals surface area (Å²) in [6, 6.07) is 2.98. The lowest BCUT2D eigenvalue weighted by atomic mass is 10.1. The molecule has 8 heteroatoms. The van der Waals surface area contributed by atoms with E-state index in [1.807, 2.05) is 0 Å². The Balaban J connectivity index is 2.01. The maximum atomic E-state index is 12.9. The molecule has 0 bridgehead atoms. The molecule has 26 heavy (non-hydrogen) atoms. The predicted octanol–water partition coefficient (Wildman–Crippen LogP) is 4.02. The van der Waals surface area contributed by atoms with Gasteiger partial charge in [0.05, 0.1) is 30.6 Å². The van der Waals surface area contributed by atoms with Crippen LogP contribution in [0.25, 0.3) is 0 Å². The number of hydrogen-bond acceptors (Lipinski definition) is 4. The molecule has 1 aromatic rings. The maximum Gasteiger partial charge on any atom is 0.416 e. The molecule has 2 rings (SSSR count). The molecule has 1 aliphatic heterocycles. The largest absolute Gasteiger partial charge is 0.492 e. The Morgan fingerprint density at radius 2 is 2.15 bits per heavy atom. The van der Waals surface area contributed by atoms with E-state index in [4.69, 9.17) is 14.2 Å². The smallest absolute Gasteiger partial charge is 0.416 e. The van der Waals surface area contributed by atoms with Gasteiger partial charge in [0.25, 0.3) is 5.91 Å². The molecule has 1 aromatic carbocycles. The van der Waals surface area contributed by atoms with Gasteiger partial charge >= 0.3 is 6.18 Å². The summed E-state index contributed by atoms with van der Waals surface area (Å²) in [5.41, 5.74) is -0.892. The highest BCUT2D eigenvalue weighted by atomic mass is 19.4. The number of amides is 1. The highest BCUT2D eigenvalue weighted by molar-refractivity contribution is 5.95. The first-order valence-corrected chi connectivity index (χ1v) is 8.69. The molecule has 2 unspecified atom stereocenters. The van der Waals surface area contributed by atoms with Crippen LogP contribution in [0.3, 0.4) is 0 Å². The third-order valence-electron chi connectivity index (χ3n) is 4.04. The minimum absolute atomic E-state index is 0.0314. The molecule has 1 heterocycles. The molecule has 1 aliphatic rings. The average molecular weight is 375 g/mol. The van der Waals surface area contributed by atoms with E-state index >= 15 is 0 Å². The van der Waals surface area contributed by atoms with E-state index in [0.29, 0.717) is 6.61 Å². The minimum atomic E-state index is -4.51. The number of carbonyl (C=O) groups excluding carboxylic acids is 1. The number of nitrogens with one attached hydrogen (secondary N) is 1. The van der Waals surface area contributed by atoms with Gasteiger partial charge in [-0.3, -0.25) is 4.79 Å². The number of ether oxygens (including phenoxy) is 3. The molecule has 1 N–H and O–H groups in total. The summed E-state index contributed by atoms with van der Waals surface area (Å²) >= 11 is 0. The number of halogens is 3. The van der Waals surface area contributed by atoms with Gasteiger partial charge in [-0.1, -0.05) is 0 Å². The molecule has 0 saturated carbocycles. The lowest BCUT2D eigenvalue weighted by Crippen LogP contribution is -2.32. The Bertz CT molecular complexity index is 601. The van der Waals surface area contributed by atoms with Crippen LogP contribution in [0, 0.1) is 0 Å². The lowest BCUT2D eigenvalue weighted by Gasteiger charge is -2.24. The first kappa shape index (κ1) is 20.5. The second kappa shape index (κ2) is 9.23. The molecule has 146 valence electrons. The van der Waals surface area contributed by atoms with Gasteiger partial charge < -0.3 is 19.5 Å². The zero-order valence-corrected chi connectivity index (χ0v) is 14.9. The summed E-state index contributed by atoms with van der Waals surface area (Å²) in [6.45, 7) is 4.47. The standard InChI is InChI=1S/C18H24F3NO4/c1-3-24-16-8-7-13(18(19,20)21)10-15(16)22-17(23)12(2)26-11-14-6-4-5-9-25-14/h7-8,10,12,14H,3-6,9,11H2,1-2H3,(H,22,23). The summed E-state index contributed by atoms with van der Waals surface area (Å²) in [6.07, 6.45) is -2.45. The van der Waals surface area contributed by atoms with Crippen molar-refractivity contribution in [3.63, 3.8) is 0 Å². The van der Waals surface area contributed by atoms with Gasteiger partial charge in [-0.2, -0.15) is 13.2 Å². The summed E-state index contributed by atoms with van der Waals surface area (Å²) in [5.74, 6) is -0.363. The second-order valence-electron chi connectivity index (χ2n) is 6.10. The Kier molecular flexibility index (Phi) is 7.28. The van der Waals surface area contributed by atoms with Crippen molar-refractivity contribution in [3.8, 4) is 5.75 Å². The lowest BCUT2D eigenvalue weighted by molar-refractivity contribution is -0.137. The number of benzene rings is 1. The molecule has 0 radical (unpaired) electrons. The van der Waals surface area contributed by atoms with Gasteiger partial charge in [0.2, 0.25) is 0 Å². The van der Waals surface area contributed by atoms with Crippen LogP contribution >= 0.6 is 0 Å². The van der Waals surface area contributed by atoms with Crippen LogP contribution < -0.4 is 10.1 Å². The predicted molar refractivity (Wildman–Crippen MR) is 90.2 cm³/mol. The fourth-order valence-electron chi connectivity index (χ4n) is 2.59. The van der Waals surface area contributed by atoms with E-state index in [-0.39, 0.29) is 30.8 Å². The van der Waals surface area contributed by atoms with Crippen molar-refractivity contribution >= 4 is 11.6 Å². The Morgan fingerprint density at radius 1 is 1.38 bits per heavy atom. The van der Waals surface area contributed by atoms with Crippen LogP contribution in [0.1, 0.15) is 38.7 Å². The van der Waals surface area contributed by atoms with Crippen molar-refractivity contribution in [2.75, 3.05) is 25.1 Å². The van der Waals surface area contributed by atoms with Crippen molar-refractivity contribution in [2.24, 2.45) is 0 Å². The van der Waals surface area contributed by atoms with Crippen molar-refractivity contribution in [3.05, 3.63) is 23.8 Å². The zero-order chi connectivity index (χ0) is 19.2. The molecule has 0 spiro atoms. The van der Waals surface area contributed by atoms with Crippen LogP contribution in [0.5, 0.6) is 5.75 Å². The van der Waals surface area contributed by atoms with E-state index in [9.17, 15) is 18.0 Å². The van der Waals surface area contributed by atoms with E-state index in [2.05, 4.69) is 5.32 Å². The second-order valence-corrected chi connectivity index (χ2v) is 6.10. The van der Waals surface area contributed by atoms with Gasteiger partial charge in [0.1, 0.15) is 11.9 Å². The SMILES string of the molecule is CCOc1ccc(C(F)(F)F)cc1NC(=O)C(C)OCC1CCCCO1. The number of anilines is 1. The highest BCUT2D eigenvalue weighted by Gasteiger charge is 2.31. The average Bonchev–Trinajstić information content (AvgIpc) is 2.61. The minimum Gasteiger partial charge on any atom is -0.492 e. The number of hydrogen-bond donors (Lipinski definition) is 1. The van der Waals surface area contributed by atoms with Crippen molar-refractivity contribution in [1.29, 1.82) is 0 Å². The van der Waals surface area contributed by atoms with E-state index in [1.54, 1.807) is 13.8 Å². The molecule has 1 amide bonds. The van der Waals surface area contributed by atoms with Crippen LogP contribution in [0.4, 0.5) is 18.9 Å². The number of carbonyl (C=O) groups is 1. The fraction of sp³-hybridized carbons (Fsp3) is 0.611. The number of rotatable bonds is 7. The van der Waals surface area contributed by atoms with Gasteiger partial charge in [-0.25, -0.2) is 0 Å². The third-order valence-corrected chi connectivity index (χ3v) is 4.04. The summed E-state index contributed by atoms with van der Waals surface area (Å²) in [4.78, 5) is 12.3. The van der Waals surface area contributed by atoms with Crippen molar-refractivity contribution < 1.29 is 32.2 Å². The van der Waals surface area contributed by atoms with Gasteiger partial charge in [-0.15, -0.1) is 0 Å². The van der Waals surface area contributed by atoms with Crippen molar-refractivity contribution in [1.82, 2.24) is 0 Å². The number of alkyl halides is 3. The molecule has 5 nitrogen and oxygen atoms in total. The normalized spacial score (nSPS) is 19.0. The Morgan fingerprint density at radius 3 is 2.77 bits per heavy atom. The molecule has 1 fully saturated rings. The fourth-order valence-corrected chi connectivity index (χ4v) is 2.59. The molecule has 1 saturated heterocycles. The van der Waals surface area contributed by atoms with Gasteiger partial charge in [0.15, 0.2) is 0 Å². The van der Waals surface area contributed by atoms with E-state index in [1.165, 1.54) is 6.07 Å². The highest BCUT2D eigenvalue weighted by Crippen LogP contribution is 2.35. The Hall–Kier alpha value is -1.80. The van der Waals surface area contributed by atoms with Crippen molar-refractivity contribution in [2.45, 2.75) is 51.5 Å². The third kappa shape index (κ3) is 5.88. The van der Waals surface area contributed by atoms with Crippen LogP contribution in [0.15, 0.2) is 18.2 Å².